The van der Waals surface area contributed by atoms with E-state index in [0.29, 0.717) is 54.3 Å². The lowest BCUT2D eigenvalue weighted by molar-refractivity contribution is -0.140. The number of nitrogens with zero attached hydrogens (tertiary/aromatic N) is 7. The number of aryl methyl sites for hydroxylation is 1. The van der Waals surface area contributed by atoms with E-state index >= 15 is 0 Å². The molecule has 316 valence electrons. The Balaban J connectivity index is 0.988. The van der Waals surface area contributed by atoms with E-state index in [1.54, 1.807) is 46.9 Å². The molecule has 6 aromatic rings. The Morgan fingerprint density at radius 3 is 2.67 bits per heavy atom. The summed E-state index contributed by atoms with van der Waals surface area (Å²) in [5, 5.41) is 29.8. The predicted molar refractivity (Wildman–Crippen MR) is 241 cm³/mol. The second-order valence-corrected chi connectivity index (χ2v) is 16.5. The van der Waals surface area contributed by atoms with Crippen LogP contribution in [0.4, 0.5) is 0 Å². The fraction of sp³-hybridized carbons (Fsp3) is 0.348. The van der Waals surface area contributed by atoms with E-state index in [1.165, 1.54) is 0 Å². The molecule has 0 spiro atoms. The molecule has 1 aliphatic heterocycles. The number of fused-ring (bicyclic) bond motifs is 1. The number of likely N-dealkylation sites (tertiary alicyclic amines) is 1. The molecule has 3 atom stereocenters. The Morgan fingerprint density at radius 1 is 1.11 bits per heavy atom. The third-order valence-electron chi connectivity index (χ3n) is 11.2. The second-order valence-electron chi connectivity index (χ2n) is 15.7. The molecule has 0 radical (unpaired) electrons. The SMILES string of the molecule is C=N/C=C(\C=NCCC(CCNC)c1cc2nnc(-c3ccccc3O)cc2[nH]1)c1cc(C(C(=O)N2CCCC2C(=O)NCc2ccc(-c3scnc3C)cc2)C(C)C)on1. The van der Waals surface area contributed by atoms with Crippen LogP contribution in [0.25, 0.3) is 38.3 Å². The van der Waals surface area contributed by atoms with Gasteiger partial charge in [0.25, 0.3) is 0 Å². The molecule has 14 nitrogen and oxygen atoms in total. The lowest BCUT2D eigenvalue weighted by Crippen LogP contribution is -2.47. The molecule has 0 aliphatic carbocycles. The van der Waals surface area contributed by atoms with Crippen LogP contribution >= 0.6 is 11.3 Å². The van der Waals surface area contributed by atoms with Crippen molar-refractivity contribution in [2.24, 2.45) is 15.9 Å². The van der Waals surface area contributed by atoms with E-state index in [1.807, 2.05) is 81.9 Å². The van der Waals surface area contributed by atoms with E-state index < -0.39 is 12.0 Å². The maximum Gasteiger partial charge on any atom is 0.243 e. The highest BCUT2D eigenvalue weighted by molar-refractivity contribution is 7.13. The summed E-state index contributed by atoms with van der Waals surface area (Å²) in [6, 6.07) is 20.3. The van der Waals surface area contributed by atoms with Gasteiger partial charge in [0.15, 0.2) is 0 Å². The topological polar surface area (TPSA) is 187 Å². The summed E-state index contributed by atoms with van der Waals surface area (Å²) in [7, 11) is 1.93. The average Bonchev–Trinajstić information content (AvgIpc) is 4.10. The number of aromatic nitrogens is 5. The van der Waals surface area contributed by atoms with Gasteiger partial charge in [-0.1, -0.05) is 55.4 Å². The number of amides is 2. The molecule has 15 heteroatoms. The van der Waals surface area contributed by atoms with Crippen LogP contribution in [0.3, 0.4) is 0 Å². The van der Waals surface area contributed by atoms with Gasteiger partial charge in [-0.25, -0.2) is 4.98 Å². The summed E-state index contributed by atoms with van der Waals surface area (Å²) in [6.07, 6.45) is 6.22. The highest BCUT2D eigenvalue weighted by atomic mass is 32.1. The third-order valence-corrected chi connectivity index (χ3v) is 12.1. The summed E-state index contributed by atoms with van der Waals surface area (Å²) < 4.78 is 5.86. The lowest BCUT2D eigenvalue weighted by Gasteiger charge is -2.29. The van der Waals surface area contributed by atoms with Crippen molar-refractivity contribution in [1.29, 1.82) is 0 Å². The number of phenolic OH excluding ortho intramolecular Hbond substituents is 1. The zero-order chi connectivity index (χ0) is 42.9. The molecular formula is C46H52N10O4S. The Hall–Kier alpha value is -6.32. The van der Waals surface area contributed by atoms with Crippen LogP contribution in [0.5, 0.6) is 5.75 Å². The quantitative estimate of drug-likeness (QED) is 0.0630. The molecule has 0 saturated carbocycles. The summed E-state index contributed by atoms with van der Waals surface area (Å²) in [4.78, 5) is 47.2. The number of phenols is 1. The number of rotatable bonds is 18. The molecule has 1 saturated heterocycles. The maximum absolute atomic E-state index is 14.2. The number of aliphatic imine (C=N–C) groups is 2. The van der Waals surface area contributed by atoms with E-state index in [-0.39, 0.29) is 29.4 Å². The molecule has 4 aromatic heterocycles. The van der Waals surface area contributed by atoms with Crippen LogP contribution in [0.15, 0.2) is 92.9 Å². The fourth-order valence-electron chi connectivity index (χ4n) is 7.87. The number of hydrogen-bond donors (Lipinski definition) is 4. The van der Waals surface area contributed by atoms with Gasteiger partial charge in [-0.05, 0) is 94.2 Å². The molecule has 4 N–H and O–H groups in total. The van der Waals surface area contributed by atoms with Crippen molar-refractivity contribution in [2.75, 3.05) is 26.7 Å². The number of hydrogen-bond acceptors (Lipinski definition) is 12. The predicted octanol–water partition coefficient (Wildman–Crippen LogP) is 7.69. The van der Waals surface area contributed by atoms with Crippen molar-refractivity contribution >= 4 is 52.7 Å². The number of H-pyrrole nitrogens is 1. The van der Waals surface area contributed by atoms with E-state index in [4.69, 9.17) is 9.52 Å². The van der Waals surface area contributed by atoms with Crippen molar-refractivity contribution < 1.29 is 19.2 Å². The second kappa shape index (κ2) is 19.8. The van der Waals surface area contributed by atoms with Crippen molar-refractivity contribution in [2.45, 2.75) is 70.9 Å². The Morgan fingerprint density at radius 2 is 1.93 bits per heavy atom. The number of nitrogens with one attached hydrogen (secondary N) is 3. The summed E-state index contributed by atoms with van der Waals surface area (Å²) in [5.41, 5.74) is 9.82. The molecule has 1 fully saturated rings. The van der Waals surface area contributed by atoms with E-state index in [9.17, 15) is 14.7 Å². The fourth-order valence-corrected chi connectivity index (χ4v) is 8.68. The van der Waals surface area contributed by atoms with Crippen LogP contribution in [0.2, 0.25) is 0 Å². The number of allylic oxidation sites excluding steroid dienone is 1. The largest absolute Gasteiger partial charge is 0.507 e. The Kier molecular flexibility index (Phi) is 13.9. The molecule has 1 aliphatic rings. The van der Waals surface area contributed by atoms with E-state index in [0.717, 1.165) is 64.2 Å². The number of benzene rings is 2. The van der Waals surface area contributed by atoms with Crippen LogP contribution in [-0.4, -0.2) is 92.8 Å². The monoisotopic (exact) mass is 840 g/mol. The van der Waals surface area contributed by atoms with Gasteiger partial charge < -0.3 is 30.1 Å². The molecular weight excluding hydrogens is 789 g/mol. The minimum Gasteiger partial charge on any atom is -0.507 e. The van der Waals surface area contributed by atoms with Gasteiger partial charge in [0.1, 0.15) is 34.7 Å². The molecule has 7 rings (SSSR count). The minimum atomic E-state index is -0.643. The Labute approximate surface area is 359 Å². The molecule has 0 bridgehead atoms. The van der Waals surface area contributed by atoms with Crippen molar-refractivity contribution in [3.63, 3.8) is 0 Å². The summed E-state index contributed by atoms with van der Waals surface area (Å²) in [5.74, 6) is -0.383. The third kappa shape index (κ3) is 10.0. The number of carbonyl (C=O) groups is 2. The van der Waals surface area contributed by atoms with Crippen molar-refractivity contribution in [3.05, 3.63) is 107 Å². The highest BCUT2D eigenvalue weighted by Gasteiger charge is 2.40. The molecule has 2 aromatic carbocycles. The van der Waals surface area contributed by atoms with Gasteiger partial charge in [-0.3, -0.25) is 19.6 Å². The van der Waals surface area contributed by atoms with Crippen LogP contribution in [0.1, 0.15) is 79.8 Å². The highest BCUT2D eigenvalue weighted by Crippen LogP contribution is 2.34. The number of carbonyl (C=O) groups excluding carboxylic acids is 2. The van der Waals surface area contributed by atoms with Crippen LogP contribution in [-0.2, 0) is 16.1 Å². The maximum atomic E-state index is 14.2. The number of para-hydroxylation sites is 1. The van der Waals surface area contributed by atoms with Crippen LogP contribution in [0, 0.1) is 12.8 Å². The first-order valence-electron chi connectivity index (χ1n) is 20.6. The number of aromatic hydroxyl groups is 1. The van der Waals surface area contributed by atoms with Gasteiger partial charge in [0.2, 0.25) is 11.8 Å². The lowest BCUT2D eigenvalue weighted by atomic mass is 9.91. The normalized spacial score (nSPS) is 15.5. The first-order chi connectivity index (χ1) is 29.6. The van der Waals surface area contributed by atoms with Gasteiger partial charge in [0.05, 0.1) is 27.3 Å². The summed E-state index contributed by atoms with van der Waals surface area (Å²) in [6.45, 7) is 11.8. The molecule has 5 heterocycles. The van der Waals surface area contributed by atoms with Crippen molar-refractivity contribution in [3.8, 4) is 27.4 Å². The minimum absolute atomic E-state index is 0.126. The van der Waals surface area contributed by atoms with Gasteiger partial charge in [-0.2, -0.15) is 0 Å². The smallest absolute Gasteiger partial charge is 0.243 e. The summed E-state index contributed by atoms with van der Waals surface area (Å²) >= 11 is 1.61. The molecule has 61 heavy (non-hydrogen) atoms. The van der Waals surface area contributed by atoms with E-state index in [2.05, 4.69) is 47.7 Å². The number of thiazole rings is 1. The standard InChI is InChI=1S/C46H52N10O4S/c1-28(2)43(46(59)56-20-8-10-40(56)45(58)50-24-30-12-14-32(15-13-30)44-29(3)51-27-61-44)42-23-36(55-60-42)33(25-48-5)26-49-19-17-31(16-18-47-4)35-21-39-38(52-35)22-37(53-54-39)34-9-6-7-11-41(34)57/h6-7,9,11-15,21-23,25-28,31,40,43,47,52,57H,5,8,10,16-20,24H2,1-4H3,(H,50,58)/b33-25+,49-26?. The first-order valence-corrected chi connectivity index (χ1v) is 21.5. The first kappa shape index (κ1) is 42.8. The van der Waals surface area contributed by atoms with Gasteiger partial charge in [0, 0.05) is 60.9 Å². The molecule has 2 amide bonds. The van der Waals surface area contributed by atoms with Gasteiger partial charge >= 0.3 is 0 Å². The van der Waals surface area contributed by atoms with Crippen molar-refractivity contribution in [1.82, 2.24) is 40.9 Å². The number of aromatic amines is 1. The molecule has 3 unspecified atom stereocenters. The average molecular weight is 841 g/mol. The van der Waals surface area contributed by atoms with Gasteiger partial charge in [-0.15, -0.1) is 21.5 Å². The zero-order valence-electron chi connectivity index (χ0n) is 35.0. The zero-order valence-corrected chi connectivity index (χ0v) is 35.8. The Bertz CT molecular complexity index is 2520. The van der Waals surface area contributed by atoms with Crippen LogP contribution < -0.4 is 10.6 Å².